The molecule has 2 aliphatic carbocycles. The Morgan fingerprint density at radius 1 is 1.44 bits per heavy atom. The van der Waals surface area contributed by atoms with Crippen molar-refractivity contribution in [1.82, 2.24) is 10.2 Å². The zero-order valence-electron chi connectivity index (χ0n) is 11.9. The first kappa shape index (κ1) is 13.8. The molecule has 0 saturated heterocycles. The highest BCUT2D eigenvalue weighted by atomic mass is 16.1. The Bertz CT molecular complexity index is 314. The summed E-state index contributed by atoms with van der Waals surface area (Å²) in [5.41, 5.74) is 5.16. The van der Waals surface area contributed by atoms with E-state index in [4.69, 9.17) is 5.73 Å². The Labute approximate surface area is 110 Å². The number of hydrogen-bond donors (Lipinski definition) is 2. The van der Waals surface area contributed by atoms with Crippen LogP contribution in [0.25, 0.3) is 0 Å². The van der Waals surface area contributed by atoms with Crippen LogP contribution in [0.4, 0.5) is 0 Å². The lowest BCUT2D eigenvalue weighted by Gasteiger charge is -2.31. The number of primary amides is 1. The quantitative estimate of drug-likeness (QED) is 0.745. The van der Waals surface area contributed by atoms with Gasteiger partial charge in [0.2, 0.25) is 5.91 Å². The summed E-state index contributed by atoms with van der Waals surface area (Å²) in [5, 5.41) is 3.41. The first-order valence-corrected chi connectivity index (χ1v) is 7.21. The van der Waals surface area contributed by atoms with Gasteiger partial charge in [-0.1, -0.05) is 0 Å². The van der Waals surface area contributed by atoms with Crippen LogP contribution in [-0.2, 0) is 4.79 Å². The molecule has 0 aromatic carbocycles. The Morgan fingerprint density at radius 3 is 2.61 bits per heavy atom. The normalized spacial score (nSPS) is 32.4. The first-order chi connectivity index (χ1) is 8.43. The van der Waals surface area contributed by atoms with Crippen LogP contribution >= 0.6 is 0 Å². The third-order valence-corrected chi connectivity index (χ3v) is 4.39. The van der Waals surface area contributed by atoms with Gasteiger partial charge in [0.05, 0.1) is 5.54 Å². The van der Waals surface area contributed by atoms with Crippen molar-refractivity contribution in [1.29, 1.82) is 0 Å². The predicted molar refractivity (Wildman–Crippen MR) is 73.2 cm³/mol. The molecule has 4 nitrogen and oxygen atoms in total. The maximum Gasteiger partial charge on any atom is 0.237 e. The van der Waals surface area contributed by atoms with E-state index in [0.29, 0.717) is 12.1 Å². The van der Waals surface area contributed by atoms with E-state index < -0.39 is 5.54 Å². The number of amides is 1. The lowest BCUT2D eigenvalue weighted by molar-refractivity contribution is -0.124. The minimum atomic E-state index is -0.476. The fraction of sp³-hybridized carbons (Fsp3) is 0.929. The molecule has 0 radical (unpaired) electrons. The lowest BCUT2D eigenvalue weighted by Crippen LogP contribution is -2.56. The van der Waals surface area contributed by atoms with E-state index in [2.05, 4.69) is 31.1 Å². The summed E-state index contributed by atoms with van der Waals surface area (Å²) < 4.78 is 0. The third kappa shape index (κ3) is 3.04. The van der Waals surface area contributed by atoms with Crippen LogP contribution < -0.4 is 11.1 Å². The topological polar surface area (TPSA) is 58.4 Å². The average molecular weight is 253 g/mol. The highest BCUT2D eigenvalue weighted by Gasteiger charge is 2.45. The number of nitrogens with one attached hydrogen (secondary N) is 1. The van der Waals surface area contributed by atoms with E-state index >= 15 is 0 Å². The second-order valence-corrected chi connectivity index (χ2v) is 6.52. The Balaban J connectivity index is 1.95. The van der Waals surface area contributed by atoms with E-state index in [1.54, 1.807) is 0 Å². The highest BCUT2D eigenvalue weighted by Crippen LogP contribution is 2.36. The summed E-state index contributed by atoms with van der Waals surface area (Å²) in [4.78, 5) is 14.2. The molecule has 0 aromatic heterocycles. The number of carbonyl (C=O) groups excluding carboxylic acids is 1. The zero-order chi connectivity index (χ0) is 13.3. The van der Waals surface area contributed by atoms with E-state index in [-0.39, 0.29) is 5.91 Å². The molecule has 2 unspecified atom stereocenters. The van der Waals surface area contributed by atoms with E-state index in [1.807, 2.05) is 0 Å². The molecule has 0 spiro atoms. The van der Waals surface area contributed by atoms with Crippen molar-refractivity contribution in [3.05, 3.63) is 0 Å². The summed E-state index contributed by atoms with van der Waals surface area (Å²) in [6.07, 6.45) is 5.57. The van der Waals surface area contributed by atoms with Crippen LogP contribution in [0.1, 0.15) is 46.0 Å². The van der Waals surface area contributed by atoms with Gasteiger partial charge in [-0.3, -0.25) is 4.79 Å². The SMILES string of the molecule is CC(C)NC1(C(N)=O)CCC(N(C)CC2CC2)C1. The maximum atomic E-state index is 11.8. The maximum absolute atomic E-state index is 11.8. The Morgan fingerprint density at radius 2 is 2.11 bits per heavy atom. The molecule has 0 bridgehead atoms. The van der Waals surface area contributed by atoms with Gasteiger partial charge >= 0.3 is 0 Å². The molecule has 2 aliphatic rings. The number of carbonyl (C=O) groups is 1. The summed E-state index contributed by atoms with van der Waals surface area (Å²) >= 11 is 0. The summed E-state index contributed by atoms with van der Waals surface area (Å²) in [7, 11) is 2.19. The molecule has 0 aromatic rings. The van der Waals surface area contributed by atoms with Gasteiger partial charge in [-0.2, -0.15) is 0 Å². The lowest BCUT2D eigenvalue weighted by atomic mass is 9.95. The van der Waals surface area contributed by atoms with Crippen molar-refractivity contribution in [2.75, 3.05) is 13.6 Å². The van der Waals surface area contributed by atoms with Crippen LogP contribution in [0.3, 0.4) is 0 Å². The van der Waals surface area contributed by atoms with Crippen LogP contribution in [0.15, 0.2) is 0 Å². The minimum Gasteiger partial charge on any atom is -0.368 e. The molecule has 104 valence electrons. The molecule has 4 heteroatoms. The van der Waals surface area contributed by atoms with E-state index in [9.17, 15) is 4.79 Å². The molecule has 2 rings (SSSR count). The fourth-order valence-corrected chi connectivity index (χ4v) is 3.23. The Hall–Kier alpha value is -0.610. The molecule has 2 fully saturated rings. The predicted octanol–water partition coefficient (Wildman–Crippen LogP) is 1.10. The van der Waals surface area contributed by atoms with Gasteiger partial charge in [0, 0.05) is 18.6 Å². The van der Waals surface area contributed by atoms with Crippen LogP contribution in [0.2, 0.25) is 0 Å². The highest BCUT2D eigenvalue weighted by molar-refractivity contribution is 5.85. The molecule has 3 N–H and O–H groups in total. The smallest absolute Gasteiger partial charge is 0.237 e. The van der Waals surface area contributed by atoms with Crippen molar-refractivity contribution in [3.8, 4) is 0 Å². The fourth-order valence-electron chi connectivity index (χ4n) is 3.23. The van der Waals surface area contributed by atoms with E-state index in [1.165, 1.54) is 19.4 Å². The van der Waals surface area contributed by atoms with Crippen molar-refractivity contribution in [2.45, 2.75) is 63.6 Å². The monoisotopic (exact) mass is 253 g/mol. The molecule has 18 heavy (non-hydrogen) atoms. The van der Waals surface area contributed by atoms with Gasteiger partial charge in [0.25, 0.3) is 0 Å². The molecule has 0 heterocycles. The largest absolute Gasteiger partial charge is 0.368 e. The number of rotatable bonds is 6. The zero-order valence-corrected chi connectivity index (χ0v) is 11.9. The van der Waals surface area contributed by atoms with Crippen molar-refractivity contribution < 1.29 is 4.79 Å². The van der Waals surface area contributed by atoms with Crippen LogP contribution in [-0.4, -0.2) is 42.0 Å². The molecule has 1 amide bonds. The summed E-state index contributed by atoms with van der Waals surface area (Å²) in [6.45, 7) is 5.33. The van der Waals surface area contributed by atoms with Crippen LogP contribution in [0.5, 0.6) is 0 Å². The van der Waals surface area contributed by atoms with Crippen LogP contribution in [0, 0.1) is 5.92 Å². The standard InChI is InChI=1S/C14H27N3O/c1-10(2)16-14(13(15)18)7-6-12(8-14)17(3)9-11-4-5-11/h10-12,16H,4-9H2,1-3H3,(H2,15,18). The average Bonchev–Trinajstić information content (AvgIpc) is 2.96. The van der Waals surface area contributed by atoms with Gasteiger partial charge in [-0.25, -0.2) is 0 Å². The van der Waals surface area contributed by atoms with Crippen molar-refractivity contribution in [2.24, 2.45) is 11.7 Å². The summed E-state index contributed by atoms with van der Waals surface area (Å²) in [5.74, 6) is 0.718. The molecule has 0 aliphatic heterocycles. The molecule has 2 saturated carbocycles. The van der Waals surface area contributed by atoms with Crippen molar-refractivity contribution >= 4 is 5.91 Å². The second kappa shape index (κ2) is 5.17. The first-order valence-electron chi connectivity index (χ1n) is 7.21. The number of hydrogen-bond acceptors (Lipinski definition) is 3. The third-order valence-electron chi connectivity index (χ3n) is 4.39. The van der Waals surface area contributed by atoms with Gasteiger partial charge in [-0.05, 0) is 58.9 Å². The van der Waals surface area contributed by atoms with Gasteiger partial charge < -0.3 is 16.0 Å². The van der Waals surface area contributed by atoms with E-state index in [0.717, 1.165) is 25.2 Å². The molecule has 2 atom stereocenters. The van der Waals surface area contributed by atoms with Gasteiger partial charge in [0.15, 0.2) is 0 Å². The van der Waals surface area contributed by atoms with Gasteiger partial charge in [0.1, 0.15) is 0 Å². The minimum absolute atomic E-state index is 0.182. The van der Waals surface area contributed by atoms with Crippen molar-refractivity contribution in [3.63, 3.8) is 0 Å². The Kier molecular flexibility index (Phi) is 3.97. The molecular weight excluding hydrogens is 226 g/mol. The number of nitrogens with zero attached hydrogens (tertiary/aromatic N) is 1. The van der Waals surface area contributed by atoms with Gasteiger partial charge in [-0.15, -0.1) is 0 Å². The summed E-state index contributed by atoms with van der Waals surface area (Å²) in [6, 6.07) is 0.800. The molecular formula is C14H27N3O. The number of nitrogens with two attached hydrogens (primary N) is 1. The second-order valence-electron chi connectivity index (χ2n) is 6.52.